The van der Waals surface area contributed by atoms with E-state index in [9.17, 15) is 4.79 Å². The zero-order chi connectivity index (χ0) is 12.1. The maximum atomic E-state index is 11.0. The first-order valence-corrected chi connectivity index (χ1v) is 8.28. The van der Waals surface area contributed by atoms with E-state index in [1.54, 1.807) is 10.8 Å². The van der Waals surface area contributed by atoms with Crippen LogP contribution in [0.2, 0.25) is 0 Å². The molecular weight excluding hydrogens is 242 g/mol. The fourth-order valence-electron chi connectivity index (χ4n) is 1.03. The molecule has 0 atom stereocenters. The van der Waals surface area contributed by atoms with Crippen LogP contribution in [0.3, 0.4) is 0 Å². The van der Waals surface area contributed by atoms with Crippen LogP contribution in [-0.2, 0) is 9.53 Å². The minimum Gasteiger partial charge on any atom is -0.370 e. The van der Waals surface area contributed by atoms with Crippen LogP contribution < -0.4 is 5.32 Å². The summed E-state index contributed by atoms with van der Waals surface area (Å²) in [5.74, 6) is 2.21. The Morgan fingerprint density at radius 1 is 1.31 bits per heavy atom. The molecule has 1 N–H and O–H groups in total. The molecule has 96 valence electrons. The Morgan fingerprint density at radius 2 is 2.12 bits per heavy atom. The third-order valence-electron chi connectivity index (χ3n) is 2.04. The van der Waals surface area contributed by atoms with Crippen LogP contribution >= 0.6 is 21.6 Å². The van der Waals surface area contributed by atoms with Crippen molar-refractivity contribution >= 4 is 27.4 Å². The second-order valence-electron chi connectivity index (χ2n) is 3.42. The van der Waals surface area contributed by atoms with Gasteiger partial charge >= 0.3 is 0 Å². The van der Waals surface area contributed by atoms with Crippen molar-refractivity contribution in [3.05, 3.63) is 0 Å². The molecule has 0 bridgehead atoms. The first-order valence-electron chi connectivity index (χ1n) is 5.79. The van der Waals surface area contributed by atoms with Gasteiger partial charge in [-0.15, -0.1) is 0 Å². The van der Waals surface area contributed by atoms with Gasteiger partial charge in [-0.25, -0.2) is 0 Å². The second-order valence-corrected chi connectivity index (χ2v) is 5.95. The van der Waals surface area contributed by atoms with Crippen molar-refractivity contribution < 1.29 is 9.53 Å². The van der Waals surface area contributed by atoms with Crippen LogP contribution in [0.1, 0.15) is 32.6 Å². The highest BCUT2D eigenvalue weighted by Gasteiger charge is 1.97. The van der Waals surface area contributed by atoms with Gasteiger partial charge in [-0.3, -0.25) is 4.79 Å². The Morgan fingerprint density at radius 3 is 2.81 bits per heavy atom. The lowest BCUT2D eigenvalue weighted by molar-refractivity contribution is -0.118. The van der Waals surface area contributed by atoms with E-state index in [-0.39, 0.29) is 0 Å². The molecule has 5 heteroatoms. The Kier molecular flexibility index (Phi) is 13.6. The summed E-state index contributed by atoms with van der Waals surface area (Å²) in [7, 11) is 5.53. The molecule has 0 aromatic carbocycles. The largest absolute Gasteiger partial charge is 0.370 e. The second kappa shape index (κ2) is 13.4. The lowest BCUT2D eigenvalue weighted by Crippen LogP contribution is -2.09. The molecule has 0 aromatic rings. The normalized spacial score (nSPS) is 10.6. The molecule has 0 aliphatic heterocycles. The number of carbonyl (C=O) groups excluding carboxylic acids is 1. The number of ether oxygens (including phenoxy) is 1. The summed E-state index contributed by atoms with van der Waals surface area (Å²) >= 11 is 0. The Balaban J connectivity index is 2.96. The number of Topliss-reactive ketones (excluding diaryl/α,β-unsaturated/α-hetero) is 1. The van der Waals surface area contributed by atoms with Gasteiger partial charge in [0.05, 0.1) is 0 Å². The molecule has 16 heavy (non-hydrogen) atoms. The van der Waals surface area contributed by atoms with Crippen molar-refractivity contribution in [3.8, 4) is 0 Å². The molecule has 0 saturated heterocycles. The number of hydrogen-bond donors (Lipinski definition) is 1. The topological polar surface area (TPSA) is 38.3 Å². The molecule has 0 saturated carbocycles. The summed E-state index contributed by atoms with van der Waals surface area (Å²) in [6.07, 6.45) is 3.33. The standard InChI is InChI=1S/C11H23NO2S2/c1-3-11(13)6-4-5-8-14-10-16-15-9-7-12-2/h12H,3-10H2,1-2H3. The monoisotopic (exact) mass is 265 g/mol. The molecule has 0 aromatic heterocycles. The highest BCUT2D eigenvalue weighted by molar-refractivity contribution is 8.76. The van der Waals surface area contributed by atoms with Gasteiger partial charge < -0.3 is 10.1 Å². The zero-order valence-corrected chi connectivity index (χ0v) is 11.9. The summed E-state index contributed by atoms with van der Waals surface area (Å²) < 4.78 is 5.44. The smallest absolute Gasteiger partial charge is 0.132 e. The van der Waals surface area contributed by atoms with Crippen LogP contribution in [0.4, 0.5) is 0 Å². The van der Waals surface area contributed by atoms with E-state index in [0.717, 1.165) is 37.7 Å². The van der Waals surface area contributed by atoms with E-state index in [1.807, 2.05) is 24.8 Å². The highest BCUT2D eigenvalue weighted by atomic mass is 33.1. The van der Waals surface area contributed by atoms with E-state index in [1.165, 1.54) is 0 Å². The van der Waals surface area contributed by atoms with Crippen molar-refractivity contribution in [1.29, 1.82) is 0 Å². The summed E-state index contributed by atoms with van der Waals surface area (Å²) in [6.45, 7) is 3.73. The zero-order valence-electron chi connectivity index (χ0n) is 10.3. The molecule has 0 aliphatic carbocycles. The summed E-state index contributed by atoms with van der Waals surface area (Å²) in [6, 6.07) is 0. The average molecular weight is 265 g/mol. The molecule has 3 nitrogen and oxygen atoms in total. The van der Waals surface area contributed by atoms with Crippen LogP contribution in [0.5, 0.6) is 0 Å². The van der Waals surface area contributed by atoms with Gasteiger partial charge in [-0.2, -0.15) is 0 Å². The van der Waals surface area contributed by atoms with Gasteiger partial charge in [0.15, 0.2) is 0 Å². The first-order chi connectivity index (χ1) is 7.81. The Bertz CT molecular complexity index is 168. The Labute approximate surface area is 107 Å². The summed E-state index contributed by atoms with van der Waals surface area (Å²) in [4.78, 5) is 11.0. The SMILES string of the molecule is CCC(=O)CCCCOCSSCCNC. The lowest BCUT2D eigenvalue weighted by Gasteiger charge is -2.03. The van der Waals surface area contributed by atoms with Crippen molar-refractivity contribution in [2.75, 3.05) is 31.9 Å². The number of hydrogen-bond acceptors (Lipinski definition) is 5. The maximum absolute atomic E-state index is 11.0. The van der Waals surface area contributed by atoms with Crippen molar-refractivity contribution in [1.82, 2.24) is 5.32 Å². The van der Waals surface area contributed by atoms with Crippen LogP contribution in [0, 0.1) is 0 Å². The molecule has 0 aliphatic rings. The number of rotatable bonds is 12. The molecular formula is C11H23NO2S2. The number of unbranched alkanes of at least 4 members (excludes halogenated alkanes) is 1. The van der Waals surface area contributed by atoms with Crippen molar-refractivity contribution in [2.45, 2.75) is 32.6 Å². The van der Waals surface area contributed by atoms with Gasteiger partial charge in [-0.1, -0.05) is 28.5 Å². The van der Waals surface area contributed by atoms with E-state index in [4.69, 9.17) is 4.74 Å². The van der Waals surface area contributed by atoms with E-state index in [0.29, 0.717) is 18.6 Å². The van der Waals surface area contributed by atoms with E-state index in [2.05, 4.69) is 5.32 Å². The van der Waals surface area contributed by atoms with Crippen LogP contribution in [0.15, 0.2) is 0 Å². The third kappa shape index (κ3) is 12.4. The molecule has 0 rings (SSSR count). The fourth-order valence-corrected chi connectivity index (χ4v) is 2.70. The number of carbonyl (C=O) groups is 1. The quantitative estimate of drug-likeness (QED) is 0.334. The highest BCUT2D eigenvalue weighted by Crippen LogP contribution is 2.20. The average Bonchev–Trinajstić information content (AvgIpc) is 2.31. The van der Waals surface area contributed by atoms with Crippen LogP contribution in [0.25, 0.3) is 0 Å². The van der Waals surface area contributed by atoms with Crippen LogP contribution in [-0.4, -0.2) is 37.7 Å². The predicted octanol–water partition coefficient (Wildman–Crippen LogP) is 2.71. The molecule has 0 heterocycles. The van der Waals surface area contributed by atoms with E-state index < -0.39 is 0 Å². The van der Waals surface area contributed by atoms with Crippen molar-refractivity contribution in [2.24, 2.45) is 0 Å². The van der Waals surface area contributed by atoms with E-state index >= 15 is 0 Å². The molecule has 0 spiro atoms. The Hall–Kier alpha value is 0.290. The minimum absolute atomic E-state index is 0.358. The number of nitrogens with one attached hydrogen (secondary N) is 1. The fraction of sp³-hybridized carbons (Fsp3) is 0.909. The molecule has 0 unspecified atom stereocenters. The number of ketones is 1. The summed E-state index contributed by atoms with van der Waals surface area (Å²) in [5.41, 5.74) is 0. The maximum Gasteiger partial charge on any atom is 0.132 e. The first kappa shape index (κ1) is 16.3. The van der Waals surface area contributed by atoms with Crippen molar-refractivity contribution in [3.63, 3.8) is 0 Å². The lowest BCUT2D eigenvalue weighted by atomic mass is 10.1. The third-order valence-corrected chi connectivity index (χ3v) is 4.13. The van der Waals surface area contributed by atoms with Gasteiger partial charge in [0, 0.05) is 31.7 Å². The molecule has 0 amide bonds. The summed E-state index contributed by atoms with van der Waals surface area (Å²) in [5, 5.41) is 3.10. The van der Waals surface area contributed by atoms with Gasteiger partial charge in [-0.05, 0) is 19.9 Å². The van der Waals surface area contributed by atoms with Gasteiger partial charge in [0.2, 0.25) is 0 Å². The van der Waals surface area contributed by atoms with Gasteiger partial charge in [0.1, 0.15) is 11.7 Å². The molecule has 0 fully saturated rings. The van der Waals surface area contributed by atoms with Gasteiger partial charge in [0.25, 0.3) is 0 Å². The predicted molar refractivity (Wildman–Crippen MR) is 73.9 cm³/mol. The molecule has 0 radical (unpaired) electrons. The minimum atomic E-state index is 0.358.